The molecule has 2 aromatic rings. The molecule has 7 heteroatoms. The summed E-state index contributed by atoms with van der Waals surface area (Å²) < 4.78 is 10.9. The van der Waals surface area contributed by atoms with Crippen LogP contribution in [0.15, 0.2) is 53.6 Å². The van der Waals surface area contributed by atoms with Crippen LogP contribution in [0.3, 0.4) is 0 Å². The van der Waals surface area contributed by atoms with E-state index in [-0.39, 0.29) is 11.8 Å². The zero-order valence-electron chi connectivity index (χ0n) is 18.6. The van der Waals surface area contributed by atoms with E-state index in [1.165, 1.54) is 0 Å². The zero-order chi connectivity index (χ0) is 22.6. The van der Waals surface area contributed by atoms with Crippen LogP contribution in [-0.4, -0.2) is 37.8 Å². The Balaban J connectivity index is 2.00. The predicted molar refractivity (Wildman–Crippen MR) is 122 cm³/mol. The Morgan fingerprint density at radius 1 is 1.10 bits per heavy atom. The zero-order valence-corrected chi connectivity index (χ0v) is 18.6. The third kappa shape index (κ3) is 7.44. The predicted octanol–water partition coefficient (Wildman–Crippen LogP) is 3.78. The molecule has 0 saturated carbocycles. The third-order valence-corrected chi connectivity index (χ3v) is 4.64. The van der Waals surface area contributed by atoms with Gasteiger partial charge < -0.3 is 14.8 Å². The Kier molecular flexibility index (Phi) is 9.55. The fourth-order valence-electron chi connectivity index (χ4n) is 2.78. The van der Waals surface area contributed by atoms with Gasteiger partial charge in [-0.3, -0.25) is 9.59 Å². The molecule has 166 valence electrons. The summed E-state index contributed by atoms with van der Waals surface area (Å²) in [6.45, 7) is 6.45. The molecule has 0 fully saturated rings. The number of hydrazone groups is 1. The normalized spacial score (nSPS) is 11.9. The molecule has 0 spiro atoms. The van der Waals surface area contributed by atoms with E-state index in [1.54, 1.807) is 37.6 Å². The molecule has 7 nitrogen and oxygen atoms in total. The summed E-state index contributed by atoms with van der Waals surface area (Å²) >= 11 is 0. The second-order valence-electron chi connectivity index (χ2n) is 7.40. The lowest BCUT2D eigenvalue weighted by Crippen LogP contribution is -2.48. The van der Waals surface area contributed by atoms with Crippen molar-refractivity contribution in [2.75, 3.05) is 13.7 Å². The van der Waals surface area contributed by atoms with Crippen molar-refractivity contribution in [1.29, 1.82) is 0 Å². The molecule has 0 aliphatic carbocycles. The number of carbonyl (C=O) groups excluding carboxylic acids is 2. The van der Waals surface area contributed by atoms with E-state index < -0.39 is 11.9 Å². The molecule has 2 N–H and O–H groups in total. The lowest BCUT2D eigenvalue weighted by atomic mass is 10.0. The quantitative estimate of drug-likeness (QED) is 0.326. The molecular formula is C24H31N3O4. The van der Waals surface area contributed by atoms with Crippen molar-refractivity contribution in [3.63, 3.8) is 0 Å². The fourth-order valence-corrected chi connectivity index (χ4v) is 2.78. The van der Waals surface area contributed by atoms with Crippen LogP contribution in [0.5, 0.6) is 11.5 Å². The Hall–Kier alpha value is -3.35. The minimum atomic E-state index is -0.734. The molecule has 2 amide bonds. The maximum Gasteiger partial charge on any atom is 0.262 e. The number of hydrogen-bond donors (Lipinski definition) is 2. The van der Waals surface area contributed by atoms with Crippen LogP contribution in [0.1, 0.15) is 49.5 Å². The summed E-state index contributed by atoms with van der Waals surface area (Å²) in [4.78, 5) is 25.2. The van der Waals surface area contributed by atoms with Crippen molar-refractivity contribution in [3.8, 4) is 11.5 Å². The minimum Gasteiger partial charge on any atom is -0.497 e. The molecule has 1 unspecified atom stereocenters. The summed E-state index contributed by atoms with van der Waals surface area (Å²) in [5.74, 6) is 0.514. The first-order chi connectivity index (χ1) is 15.0. The van der Waals surface area contributed by atoms with Gasteiger partial charge in [0.15, 0.2) is 0 Å². The van der Waals surface area contributed by atoms with Crippen molar-refractivity contribution >= 4 is 18.0 Å². The summed E-state index contributed by atoms with van der Waals surface area (Å²) in [6.07, 6.45) is 3.55. The van der Waals surface area contributed by atoms with Crippen molar-refractivity contribution in [2.24, 2.45) is 11.0 Å². The van der Waals surface area contributed by atoms with Crippen LogP contribution in [0, 0.1) is 5.92 Å². The van der Waals surface area contributed by atoms with E-state index >= 15 is 0 Å². The van der Waals surface area contributed by atoms with Gasteiger partial charge in [0.25, 0.3) is 11.8 Å². The molecule has 0 bridgehead atoms. The number of carbonyl (C=O) groups is 2. The molecule has 0 heterocycles. The van der Waals surface area contributed by atoms with Crippen LogP contribution in [-0.2, 0) is 4.79 Å². The lowest BCUT2D eigenvalue weighted by Gasteiger charge is -2.20. The first-order valence-corrected chi connectivity index (χ1v) is 10.5. The van der Waals surface area contributed by atoms with Gasteiger partial charge in [0.1, 0.15) is 17.5 Å². The number of rotatable bonds is 11. The Bertz CT molecular complexity index is 879. The summed E-state index contributed by atoms with van der Waals surface area (Å²) in [5, 5.41) is 6.84. The highest BCUT2D eigenvalue weighted by atomic mass is 16.5. The second-order valence-corrected chi connectivity index (χ2v) is 7.40. The molecule has 31 heavy (non-hydrogen) atoms. The first-order valence-electron chi connectivity index (χ1n) is 10.5. The first kappa shape index (κ1) is 23.9. The van der Waals surface area contributed by atoms with E-state index in [9.17, 15) is 9.59 Å². The molecule has 0 saturated heterocycles. The topological polar surface area (TPSA) is 89.0 Å². The molecule has 2 rings (SSSR count). The second kappa shape index (κ2) is 12.4. The number of benzene rings is 2. The number of hydrogen-bond acceptors (Lipinski definition) is 5. The smallest absolute Gasteiger partial charge is 0.262 e. The summed E-state index contributed by atoms with van der Waals surface area (Å²) in [6, 6.07) is 13.5. The van der Waals surface area contributed by atoms with Crippen LogP contribution in [0.4, 0.5) is 0 Å². The summed E-state index contributed by atoms with van der Waals surface area (Å²) in [7, 11) is 1.56. The number of ether oxygens (including phenoxy) is 2. The molecule has 0 aliphatic heterocycles. The molecule has 1 atom stereocenters. The van der Waals surface area contributed by atoms with Crippen LogP contribution in [0.2, 0.25) is 0 Å². The van der Waals surface area contributed by atoms with Gasteiger partial charge >= 0.3 is 0 Å². The Labute approximate surface area is 183 Å². The standard InChI is InChI=1S/C24H31N3O4/c1-5-6-15-31-21-10-8-7-9-19(21)16-25-27-24(29)22(17(2)3)26-23(28)18-11-13-20(30-4)14-12-18/h7-14,16-17,22H,5-6,15H2,1-4H3,(H,26,28)(H,27,29). The van der Waals surface area contributed by atoms with Gasteiger partial charge in [0, 0.05) is 11.1 Å². The van der Waals surface area contributed by atoms with Gasteiger partial charge in [-0.25, -0.2) is 5.43 Å². The average molecular weight is 426 g/mol. The fraction of sp³-hybridized carbons (Fsp3) is 0.375. The molecule has 0 aliphatic rings. The van der Waals surface area contributed by atoms with E-state index in [0.29, 0.717) is 23.7 Å². The van der Waals surface area contributed by atoms with Crippen molar-refractivity contribution in [1.82, 2.24) is 10.7 Å². The van der Waals surface area contributed by atoms with Gasteiger partial charge in [0.05, 0.1) is 19.9 Å². The van der Waals surface area contributed by atoms with Crippen LogP contribution in [0.25, 0.3) is 0 Å². The number of para-hydroxylation sites is 1. The van der Waals surface area contributed by atoms with E-state index in [2.05, 4.69) is 22.8 Å². The van der Waals surface area contributed by atoms with E-state index in [1.807, 2.05) is 38.1 Å². The summed E-state index contributed by atoms with van der Waals surface area (Å²) in [5.41, 5.74) is 3.73. The maximum absolute atomic E-state index is 12.6. The number of amides is 2. The van der Waals surface area contributed by atoms with Crippen molar-refractivity contribution in [2.45, 2.75) is 39.7 Å². The minimum absolute atomic E-state index is 0.123. The largest absolute Gasteiger partial charge is 0.497 e. The number of nitrogens with zero attached hydrogens (tertiary/aromatic N) is 1. The van der Waals surface area contributed by atoms with Gasteiger partial charge in [0.2, 0.25) is 0 Å². The average Bonchev–Trinajstić information content (AvgIpc) is 2.78. The highest BCUT2D eigenvalue weighted by molar-refractivity contribution is 5.97. The monoisotopic (exact) mass is 425 g/mol. The maximum atomic E-state index is 12.6. The van der Waals surface area contributed by atoms with Crippen molar-refractivity contribution in [3.05, 3.63) is 59.7 Å². The number of methoxy groups -OCH3 is 1. The number of unbranched alkanes of at least 4 members (excludes halogenated alkanes) is 1. The van der Waals surface area contributed by atoms with Gasteiger partial charge in [-0.1, -0.05) is 39.3 Å². The third-order valence-electron chi connectivity index (χ3n) is 4.64. The van der Waals surface area contributed by atoms with Crippen LogP contribution < -0.4 is 20.2 Å². The molecule has 0 radical (unpaired) electrons. The molecule has 2 aromatic carbocycles. The van der Waals surface area contributed by atoms with Gasteiger partial charge in [-0.05, 0) is 48.7 Å². The highest BCUT2D eigenvalue weighted by Gasteiger charge is 2.24. The molecule has 0 aromatic heterocycles. The molecular weight excluding hydrogens is 394 g/mol. The SMILES string of the molecule is CCCCOc1ccccc1C=NNC(=O)C(NC(=O)c1ccc(OC)cc1)C(C)C. The van der Waals surface area contributed by atoms with Crippen LogP contribution >= 0.6 is 0 Å². The lowest BCUT2D eigenvalue weighted by molar-refractivity contribution is -0.123. The van der Waals surface area contributed by atoms with Gasteiger partial charge in [-0.15, -0.1) is 0 Å². The Morgan fingerprint density at radius 3 is 2.45 bits per heavy atom. The van der Waals surface area contributed by atoms with Crippen molar-refractivity contribution < 1.29 is 19.1 Å². The number of nitrogens with one attached hydrogen (secondary N) is 2. The Morgan fingerprint density at radius 2 is 1.81 bits per heavy atom. The van der Waals surface area contributed by atoms with E-state index in [4.69, 9.17) is 9.47 Å². The van der Waals surface area contributed by atoms with E-state index in [0.717, 1.165) is 18.4 Å². The highest BCUT2D eigenvalue weighted by Crippen LogP contribution is 2.16. The van der Waals surface area contributed by atoms with Gasteiger partial charge in [-0.2, -0.15) is 5.10 Å².